The first-order chi connectivity index (χ1) is 10.9. The molecule has 0 radical (unpaired) electrons. The minimum absolute atomic E-state index is 0.0744. The van der Waals surface area contributed by atoms with Crippen LogP contribution in [0.3, 0.4) is 0 Å². The van der Waals surface area contributed by atoms with Crippen LogP contribution >= 0.6 is 0 Å². The SMILES string of the molecule is CC1(C(=O)O)CCCN1C(=O)c1ccc(-c2ccco2)[nH]c1=O. The summed E-state index contributed by atoms with van der Waals surface area (Å²) in [6, 6.07) is 6.35. The summed E-state index contributed by atoms with van der Waals surface area (Å²) in [7, 11) is 0. The van der Waals surface area contributed by atoms with Crippen LogP contribution in [-0.2, 0) is 4.79 Å². The summed E-state index contributed by atoms with van der Waals surface area (Å²) >= 11 is 0. The molecule has 0 spiro atoms. The molecule has 7 heteroatoms. The summed E-state index contributed by atoms with van der Waals surface area (Å²) in [5.41, 5.74) is -1.46. The minimum atomic E-state index is -1.27. The van der Waals surface area contributed by atoms with Crippen LogP contribution in [0.5, 0.6) is 0 Å². The maximum atomic E-state index is 12.6. The first-order valence-corrected chi connectivity index (χ1v) is 7.26. The maximum absolute atomic E-state index is 12.6. The molecule has 120 valence electrons. The van der Waals surface area contributed by atoms with Crippen molar-refractivity contribution < 1.29 is 19.1 Å². The first kappa shape index (κ1) is 15.1. The molecule has 1 amide bonds. The third kappa shape index (κ3) is 2.44. The van der Waals surface area contributed by atoms with Gasteiger partial charge in [0.2, 0.25) is 0 Å². The Labute approximate surface area is 131 Å². The molecule has 3 rings (SSSR count). The van der Waals surface area contributed by atoms with E-state index in [9.17, 15) is 19.5 Å². The number of hydrogen-bond donors (Lipinski definition) is 2. The number of carboxylic acids is 1. The van der Waals surface area contributed by atoms with Gasteiger partial charge in [-0.15, -0.1) is 0 Å². The van der Waals surface area contributed by atoms with Gasteiger partial charge in [-0.25, -0.2) is 4.79 Å². The lowest BCUT2D eigenvalue weighted by Gasteiger charge is -2.31. The van der Waals surface area contributed by atoms with Crippen molar-refractivity contribution in [2.75, 3.05) is 6.54 Å². The Morgan fingerprint density at radius 3 is 2.74 bits per heavy atom. The van der Waals surface area contributed by atoms with E-state index in [1.165, 1.54) is 24.2 Å². The maximum Gasteiger partial charge on any atom is 0.329 e. The van der Waals surface area contributed by atoms with Crippen molar-refractivity contribution in [1.29, 1.82) is 0 Å². The number of amides is 1. The van der Waals surface area contributed by atoms with E-state index in [2.05, 4.69) is 4.98 Å². The molecule has 1 fully saturated rings. The van der Waals surface area contributed by atoms with Crippen LogP contribution in [0.2, 0.25) is 0 Å². The molecule has 0 saturated carbocycles. The summed E-state index contributed by atoms with van der Waals surface area (Å²) < 4.78 is 5.20. The lowest BCUT2D eigenvalue weighted by Crippen LogP contribution is -2.51. The van der Waals surface area contributed by atoms with Crippen LogP contribution in [0.25, 0.3) is 11.5 Å². The molecule has 1 aliphatic heterocycles. The molecular formula is C16H16N2O5. The van der Waals surface area contributed by atoms with Crippen molar-refractivity contribution in [2.24, 2.45) is 0 Å². The summed E-state index contributed by atoms with van der Waals surface area (Å²) in [5, 5.41) is 9.38. The molecule has 1 saturated heterocycles. The Morgan fingerprint density at radius 1 is 1.35 bits per heavy atom. The number of nitrogens with zero attached hydrogens (tertiary/aromatic N) is 1. The van der Waals surface area contributed by atoms with Gasteiger partial charge in [0.1, 0.15) is 16.9 Å². The molecule has 1 unspecified atom stereocenters. The van der Waals surface area contributed by atoms with E-state index < -0.39 is 23.0 Å². The van der Waals surface area contributed by atoms with Crippen molar-refractivity contribution in [2.45, 2.75) is 25.3 Å². The number of aromatic amines is 1. The molecule has 1 aliphatic rings. The predicted octanol–water partition coefficient (Wildman–Crippen LogP) is 1.71. The van der Waals surface area contributed by atoms with E-state index in [0.717, 1.165) is 0 Å². The summed E-state index contributed by atoms with van der Waals surface area (Å²) in [6.07, 6.45) is 2.45. The van der Waals surface area contributed by atoms with Crippen LogP contribution in [-0.4, -0.2) is 39.0 Å². The average molecular weight is 316 g/mol. The predicted molar refractivity (Wildman–Crippen MR) is 81.1 cm³/mol. The van der Waals surface area contributed by atoms with Gasteiger partial charge in [0, 0.05) is 6.54 Å². The number of furan rings is 1. The molecule has 1 atom stereocenters. The third-order valence-corrected chi connectivity index (χ3v) is 4.27. The van der Waals surface area contributed by atoms with E-state index in [1.54, 1.807) is 18.2 Å². The number of aromatic nitrogens is 1. The zero-order valence-electron chi connectivity index (χ0n) is 12.5. The van der Waals surface area contributed by atoms with Crippen LogP contribution in [0.4, 0.5) is 0 Å². The number of pyridine rings is 1. The lowest BCUT2D eigenvalue weighted by atomic mass is 9.98. The highest BCUT2D eigenvalue weighted by molar-refractivity contribution is 5.98. The molecule has 2 aromatic rings. The number of aliphatic carboxylic acids is 1. The number of carbonyl (C=O) groups is 2. The Bertz CT molecular complexity index is 808. The van der Waals surface area contributed by atoms with E-state index in [1.807, 2.05) is 0 Å². The molecular weight excluding hydrogens is 300 g/mol. The minimum Gasteiger partial charge on any atom is -0.480 e. The fraction of sp³-hybridized carbons (Fsp3) is 0.312. The largest absolute Gasteiger partial charge is 0.480 e. The molecule has 2 N–H and O–H groups in total. The van der Waals surface area contributed by atoms with Crippen LogP contribution in [0.1, 0.15) is 30.1 Å². The molecule has 3 heterocycles. The van der Waals surface area contributed by atoms with E-state index in [0.29, 0.717) is 30.8 Å². The molecule has 2 aromatic heterocycles. The molecule has 0 aliphatic carbocycles. The van der Waals surface area contributed by atoms with Crippen molar-refractivity contribution in [1.82, 2.24) is 9.88 Å². The topological polar surface area (TPSA) is 104 Å². The number of hydrogen-bond acceptors (Lipinski definition) is 4. The van der Waals surface area contributed by atoms with E-state index in [-0.39, 0.29) is 5.56 Å². The third-order valence-electron chi connectivity index (χ3n) is 4.27. The van der Waals surface area contributed by atoms with Crippen LogP contribution in [0.15, 0.2) is 39.7 Å². The molecule has 7 nitrogen and oxygen atoms in total. The fourth-order valence-corrected chi connectivity index (χ4v) is 2.87. The first-order valence-electron chi connectivity index (χ1n) is 7.26. The second-order valence-corrected chi connectivity index (χ2v) is 5.73. The highest BCUT2D eigenvalue weighted by atomic mass is 16.4. The van der Waals surface area contributed by atoms with Crippen molar-refractivity contribution in [3.05, 3.63) is 46.4 Å². The number of likely N-dealkylation sites (tertiary alicyclic amines) is 1. The Morgan fingerprint density at radius 2 is 2.13 bits per heavy atom. The monoisotopic (exact) mass is 316 g/mol. The fourth-order valence-electron chi connectivity index (χ4n) is 2.87. The van der Waals surface area contributed by atoms with Gasteiger partial charge in [0.05, 0.1) is 12.0 Å². The number of rotatable bonds is 3. The summed E-state index contributed by atoms with van der Waals surface area (Å²) in [5.74, 6) is -1.15. The number of carbonyl (C=O) groups excluding carboxylic acids is 1. The van der Waals surface area contributed by atoms with Gasteiger partial charge in [-0.3, -0.25) is 9.59 Å². The van der Waals surface area contributed by atoms with E-state index >= 15 is 0 Å². The standard InChI is InChI=1S/C16H16N2O5/c1-16(15(21)22)7-3-8-18(16)14(20)10-5-6-11(17-13(10)19)12-4-2-9-23-12/h2,4-6,9H,3,7-8H2,1H3,(H,17,19)(H,21,22). The number of carboxylic acid groups (broad SMARTS) is 1. The highest BCUT2D eigenvalue weighted by Crippen LogP contribution is 2.30. The molecule has 0 aromatic carbocycles. The van der Waals surface area contributed by atoms with Gasteiger partial charge in [-0.2, -0.15) is 0 Å². The normalized spacial score (nSPS) is 20.7. The van der Waals surface area contributed by atoms with Crippen LogP contribution in [0, 0.1) is 0 Å². The smallest absolute Gasteiger partial charge is 0.329 e. The lowest BCUT2D eigenvalue weighted by molar-refractivity contribution is -0.147. The van der Waals surface area contributed by atoms with Gasteiger partial charge < -0.3 is 19.4 Å². The van der Waals surface area contributed by atoms with Gasteiger partial charge in [-0.05, 0) is 44.0 Å². The zero-order valence-corrected chi connectivity index (χ0v) is 12.5. The Balaban J connectivity index is 1.94. The van der Waals surface area contributed by atoms with Crippen molar-refractivity contribution in [3.63, 3.8) is 0 Å². The summed E-state index contributed by atoms with van der Waals surface area (Å²) in [6.45, 7) is 1.83. The van der Waals surface area contributed by atoms with Gasteiger partial charge in [-0.1, -0.05) is 0 Å². The number of nitrogens with one attached hydrogen (secondary N) is 1. The average Bonchev–Trinajstić information content (AvgIpc) is 3.16. The number of H-pyrrole nitrogens is 1. The second kappa shape index (κ2) is 5.42. The Kier molecular flexibility index (Phi) is 3.55. The molecule has 23 heavy (non-hydrogen) atoms. The van der Waals surface area contributed by atoms with Gasteiger partial charge in [0.15, 0.2) is 0 Å². The van der Waals surface area contributed by atoms with Crippen LogP contribution < -0.4 is 5.56 Å². The van der Waals surface area contributed by atoms with Crippen molar-refractivity contribution >= 4 is 11.9 Å². The Hall–Kier alpha value is -2.83. The molecule has 0 bridgehead atoms. The second-order valence-electron chi connectivity index (χ2n) is 5.73. The van der Waals surface area contributed by atoms with E-state index in [4.69, 9.17) is 4.42 Å². The highest BCUT2D eigenvalue weighted by Gasteiger charge is 2.46. The van der Waals surface area contributed by atoms with Crippen molar-refractivity contribution in [3.8, 4) is 11.5 Å². The zero-order chi connectivity index (χ0) is 16.6. The van der Waals surface area contributed by atoms with Gasteiger partial charge >= 0.3 is 5.97 Å². The van der Waals surface area contributed by atoms with Gasteiger partial charge in [0.25, 0.3) is 11.5 Å². The quantitative estimate of drug-likeness (QED) is 0.897. The summed E-state index contributed by atoms with van der Waals surface area (Å²) in [4.78, 5) is 40.2.